The largest absolute Gasteiger partial charge is 0.316 e. The van der Waals surface area contributed by atoms with Crippen LogP contribution in [-0.4, -0.2) is 36.8 Å². The first-order valence-corrected chi connectivity index (χ1v) is 7.90. The Hall–Kier alpha value is -1.24. The quantitative estimate of drug-likeness (QED) is 0.813. The van der Waals surface area contributed by atoms with E-state index in [1.54, 1.807) is 24.4 Å². The molecule has 0 aliphatic carbocycles. The molecular weight excluding hydrogens is 274 g/mol. The summed E-state index contributed by atoms with van der Waals surface area (Å²) < 4.78 is 26.7. The summed E-state index contributed by atoms with van der Waals surface area (Å²) in [6.07, 6.45) is 3.16. The van der Waals surface area contributed by atoms with E-state index in [-0.39, 0.29) is 11.6 Å². The number of rotatable bonds is 6. The van der Waals surface area contributed by atoms with Gasteiger partial charge in [0.1, 0.15) is 0 Å². The topological polar surface area (TPSA) is 62.3 Å². The van der Waals surface area contributed by atoms with Crippen LogP contribution in [0.5, 0.6) is 0 Å². The molecule has 1 aromatic heterocycles. The fourth-order valence-electron chi connectivity index (χ4n) is 1.83. The molecular formula is C14H23N3O2S. The third kappa shape index (κ3) is 3.88. The summed E-state index contributed by atoms with van der Waals surface area (Å²) in [6.45, 7) is 10.1. The van der Waals surface area contributed by atoms with Crippen molar-refractivity contribution in [2.75, 3.05) is 13.6 Å². The lowest BCUT2D eigenvalue weighted by atomic mass is 10.1. The van der Waals surface area contributed by atoms with E-state index < -0.39 is 15.6 Å². The number of sulfonamides is 1. The fraction of sp³-hybridized carbons (Fsp3) is 0.500. The van der Waals surface area contributed by atoms with E-state index in [9.17, 15) is 8.42 Å². The molecule has 0 aliphatic rings. The fourth-order valence-corrected chi connectivity index (χ4v) is 3.51. The highest BCUT2D eigenvalue weighted by Crippen LogP contribution is 2.23. The van der Waals surface area contributed by atoms with Crippen LogP contribution in [-0.2, 0) is 16.6 Å². The van der Waals surface area contributed by atoms with Gasteiger partial charge in [0.05, 0.1) is 0 Å². The second kappa shape index (κ2) is 6.47. The highest BCUT2D eigenvalue weighted by Gasteiger charge is 2.33. The summed E-state index contributed by atoms with van der Waals surface area (Å²) in [6, 6.07) is 3.31. The summed E-state index contributed by atoms with van der Waals surface area (Å²) in [5.41, 5.74) is 0.413. The van der Waals surface area contributed by atoms with Crippen LogP contribution in [0.25, 0.3) is 0 Å². The molecule has 0 atom stereocenters. The Bertz CT molecular complexity index is 545. The molecule has 0 saturated heterocycles. The van der Waals surface area contributed by atoms with Gasteiger partial charge in [-0.2, -0.15) is 4.31 Å². The van der Waals surface area contributed by atoms with Crippen molar-refractivity contribution in [3.8, 4) is 0 Å². The molecule has 5 nitrogen and oxygen atoms in total. The van der Waals surface area contributed by atoms with Crippen molar-refractivity contribution in [1.82, 2.24) is 14.6 Å². The molecule has 0 aliphatic heterocycles. The van der Waals surface area contributed by atoms with Crippen LogP contribution in [0.4, 0.5) is 0 Å². The molecule has 0 amide bonds. The average Bonchev–Trinajstić information content (AvgIpc) is 2.35. The molecule has 1 heterocycles. The zero-order valence-electron chi connectivity index (χ0n) is 12.5. The Morgan fingerprint density at radius 1 is 1.40 bits per heavy atom. The highest BCUT2D eigenvalue weighted by molar-refractivity contribution is 7.89. The van der Waals surface area contributed by atoms with Crippen molar-refractivity contribution >= 4 is 10.0 Å². The van der Waals surface area contributed by atoms with Gasteiger partial charge in [0, 0.05) is 24.8 Å². The SMILES string of the molecule is C=CCN(C(C)(C)C)S(=O)(=O)c1ccc(CNC)cn1. The van der Waals surface area contributed by atoms with E-state index in [4.69, 9.17) is 0 Å². The Balaban J connectivity index is 3.16. The normalized spacial score (nSPS) is 12.7. The van der Waals surface area contributed by atoms with Crippen molar-refractivity contribution in [2.24, 2.45) is 0 Å². The summed E-state index contributed by atoms with van der Waals surface area (Å²) in [5.74, 6) is 0. The van der Waals surface area contributed by atoms with Gasteiger partial charge in [0.2, 0.25) is 0 Å². The zero-order valence-corrected chi connectivity index (χ0v) is 13.4. The first-order valence-electron chi connectivity index (χ1n) is 6.46. The lowest BCUT2D eigenvalue weighted by Gasteiger charge is -2.33. The number of hydrogen-bond donors (Lipinski definition) is 1. The Morgan fingerprint density at radius 2 is 2.05 bits per heavy atom. The maximum absolute atomic E-state index is 12.6. The van der Waals surface area contributed by atoms with Gasteiger partial charge in [-0.1, -0.05) is 12.1 Å². The van der Waals surface area contributed by atoms with Crippen molar-refractivity contribution in [2.45, 2.75) is 37.9 Å². The molecule has 20 heavy (non-hydrogen) atoms. The third-order valence-electron chi connectivity index (χ3n) is 2.78. The lowest BCUT2D eigenvalue weighted by Crippen LogP contribution is -2.45. The van der Waals surface area contributed by atoms with E-state index >= 15 is 0 Å². The molecule has 0 unspecified atom stereocenters. The molecule has 1 aromatic rings. The molecule has 0 saturated carbocycles. The number of aromatic nitrogens is 1. The standard InChI is InChI=1S/C14H23N3O2S/c1-6-9-17(14(2,3)4)20(18,19)13-8-7-12(10-15-5)11-16-13/h6-8,11,15H,1,9-10H2,2-5H3. The van der Waals surface area contributed by atoms with Gasteiger partial charge in [-0.3, -0.25) is 0 Å². The van der Waals surface area contributed by atoms with Crippen LogP contribution >= 0.6 is 0 Å². The van der Waals surface area contributed by atoms with Crippen LogP contribution in [0.3, 0.4) is 0 Å². The first-order chi connectivity index (χ1) is 9.23. The van der Waals surface area contributed by atoms with Crippen LogP contribution in [0.1, 0.15) is 26.3 Å². The van der Waals surface area contributed by atoms with E-state index in [1.165, 1.54) is 4.31 Å². The highest BCUT2D eigenvalue weighted by atomic mass is 32.2. The third-order valence-corrected chi connectivity index (χ3v) is 4.82. The van der Waals surface area contributed by atoms with Gasteiger partial charge < -0.3 is 5.32 Å². The second-order valence-corrected chi connectivity index (χ2v) is 7.34. The first kappa shape index (κ1) is 16.8. The smallest absolute Gasteiger partial charge is 0.261 e. The van der Waals surface area contributed by atoms with Crippen molar-refractivity contribution in [3.05, 3.63) is 36.5 Å². The molecule has 0 radical (unpaired) electrons. The van der Waals surface area contributed by atoms with E-state index in [2.05, 4.69) is 16.9 Å². The number of nitrogens with one attached hydrogen (secondary N) is 1. The van der Waals surface area contributed by atoms with E-state index in [0.717, 1.165) is 5.56 Å². The van der Waals surface area contributed by atoms with Gasteiger partial charge in [-0.25, -0.2) is 13.4 Å². The van der Waals surface area contributed by atoms with E-state index in [1.807, 2.05) is 27.8 Å². The van der Waals surface area contributed by atoms with Crippen LogP contribution in [0.15, 0.2) is 36.0 Å². The molecule has 1 rings (SSSR count). The predicted octanol–water partition coefficient (Wildman–Crippen LogP) is 1.78. The van der Waals surface area contributed by atoms with Crippen molar-refractivity contribution in [3.63, 3.8) is 0 Å². The van der Waals surface area contributed by atoms with Gasteiger partial charge in [0.15, 0.2) is 5.03 Å². The summed E-state index contributed by atoms with van der Waals surface area (Å²) >= 11 is 0. The van der Waals surface area contributed by atoms with Crippen molar-refractivity contribution in [1.29, 1.82) is 0 Å². The summed E-state index contributed by atoms with van der Waals surface area (Å²) in [7, 11) is -1.79. The van der Waals surface area contributed by atoms with Gasteiger partial charge in [-0.15, -0.1) is 6.58 Å². The number of hydrogen-bond acceptors (Lipinski definition) is 4. The maximum Gasteiger partial charge on any atom is 0.261 e. The summed E-state index contributed by atoms with van der Waals surface area (Å²) in [4.78, 5) is 4.08. The number of pyridine rings is 1. The van der Waals surface area contributed by atoms with Gasteiger partial charge in [0.25, 0.3) is 10.0 Å². The van der Waals surface area contributed by atoms with Crippen molar-refractivity contribution < 1.29 is 8.42 Å². The van der Waals surface area contributed by atoms with Crippen LogP contribution < -0.4 is 5.32 Å². The Morgan fingerprint density at radius 3 is 2.45 bits per heavy atom. The average molecular weight is 297 g/mol. The minimum atomic E-state index is -3.62. The lowest BCUT2D eigenvalue weighted by molar-refractivity contribution is 0.269. The predicted molar refractivity (Wildman–Crippen MR) is 80.8 cm³/mol. The maximum atomic E-state index is 12.6. The Labute approximate surface area is 121 Å². The second-order valence-electron chi connectivity index (χ2n) is 5.53. The monoisotopic (exact) mass is 297 g/mol. The van der Waals surface area contributed by atoms with Crippen LogP contribution in [0.2, 0.25) is 0 Å². The minimum absolute atomic E-state index is 0.0640. The molecule has 0 bridgehead atoms. The Kier molecular flexibility index (Phi) is 5.44. The molecule has 0 spiro atoms. The minimum Gasteiger partial charge on any atom is -0.316 e. The molecule has 0 aromatic carbocycles. The number of nitrogens with zero attached hydrogens (tertiary/aromatic N) is 2. The van der Waals surface area contributed by atoms with Gasteiger partial charge >= 0.3 is 0 Å². The summed E-state index contributed by atoms with van der Waals surface area (Å²) in [5, 5.41) is 3.06. The van der Waals surface area contributed by atoms with E-state index in [0.29, 0.717) is 6.54 Å². The molecule has 6 heteroatoms. The van der Waals surface area contributed by atoms with Gasteiger partial charge in [-0.05, 0) is 39.4 Å². The zero-order chi connectivity index (χ0) is 15.4. The molecule has 1 N–H and O–H groups in total. The van der Waals surface area contributed by atoms with Crippen LogP contribution in [0, 0.1) is 0 Å². The molecule has 0 fully saturated rings. The molecule has 112 valence electrons.